The maximum Gasteiger partial charge on any atom is 0.226 e. The lowest BCUT2D eigenvalue weighted by atomic mass is 10.2. The van der Waals surface area contributed by atoms with E-state index >= 15 is 0 Å². The molecular weight excluding hydrogens is 178 g/mol. The van der Waals surface area contributed by atoms with Crippen molar-refractivity contribution in [2.45, 2.75) is 46.1 Å². The molecule has 80 valence electrons. The highest BCUT2D eigenvalue weighted by atomic mass is 16.5. The molecule has 0 radical (unpaired) electrons. The quantitative estimate of drug-likeness (QED) is 0.705. The fourth-order valence-electron chi connectivity index (χ4n) is 1.17. The molecule has 1 heterocycles. The molecule has 0 aromatic carbocycles. The van der Waals surface area contributed by atoms with Crippen molar-refractivity contribution in [2.24, 2.45) is 0 Å². The zero-order valence-corrected chi connectivity index (χ0v) is 9.21. The molecule has 0 saturated carbocycles. The van der Waals surface area contributed by atoms with E-state index in [1.54, 1.807) is 0 Å². The highest BCUT2D eigenvalue weighted by molar-refractivity contribution is 4.82. The molecule has 1 atom stereocenters. The molecule has 0 aliphatic heterocycles. The number of hydrogen-bond donors (Lipinski definition) is 1. The van der Waals surface area contributed by atoms with E-state index in [9.17, 15) is 0 Å². The molecule has 1 aromatic heterocycles. The van der Waals surface area contributed by atoms with Crippen molar-refractivity contribution < 1.29 is 4.52 Å². The molecule has 0 amide bonds. The topological polar surface area (TPSA) is 51.0 Å². The molecule has 4 heteroatoms. The van der Waals surface area contributed by atoms with Crippen LogP contribution in [0, 0.1) is 6.92 Å². The van der Waals surface area contributed by atoms with E-state index < -0.39 is 0 Å². The molecule has 0 aliphatic rings. The van der Waals surface area contributed by atoms with E-state index in [1.165, 1.54) is 6.42 Å². The van der Waals surface area contributed by atoms with Gasteiger partial charge in [-0.1, -0.05) is 12.1 Å². The Bertz CT molecular complexity index is 260. The molecule has 14 heavy (non-hydrogen) atoms. The van der Waals surface area contributed by atoms with Gasteiger partial charge in [0.25, 0.3) is 0 Å². The average Bonchev–Trinajstić information content (AvgIpc) is 2.58. The van der Waals surface area contributed by atoms with Crippen molar-refractivity contribution in [3.63, 3.8) is 0 Å². The minimum Gasteiger partial charge on any atom is -0.339 e. The summed E-state index contributed by atoms with van der Waals surface area (Å²) < 4.78 is 5.01. The lowest BCUT2D eigenvalue weighted by molar-refractivity contribution is 0.369. The summed E-state index contributed by atoms with van der Waals surface area (Å²) in [5.41, 5.74) is 0. The first kappa shape index (κ1) is 11.2. The molecule has 0 saturated heterocycles. The van der Waals surface area contributed by atoms with Gasteiger partial charge in [0.15, 0.2) is 5.82 Å². The highest BCUT2D eigenvalue weighted by Gasteiger charge is 2.02. The number of nitrogens with one attached hydrogen (secondary N) is 1. The average molecular weight is 197 g/mol. The maximum atomic E-state index is 5.01. The molecule has 1 rings (SSSR count). The second-order valence-corrected chi connectivity index (χ2v) is 3.60. The van der Waals surface area contributed by atoms with Crippen molar-refractivity contribution in [3.8, 4) is 0 Å². The molecule has 0 spiro atoms. The van der Waals surface area contributed by atoms with Crippen molar-refractivity contribution in [2.75, 3.05) is 6.54 Å². The Labute approximate surface area is 85.1 Å². The van der Waals surface area contributed by atoms with Gasteiger partial charge in [-0.05, 0) is 33.2 Å². The Morgan fingerprint density at radius 1 is 1.50 bits per heavy atom. The molecule has 0 bridgehead atoms. The van der Waals surface area contributed by atoms with Gasteiger partial charge in [0.2, 0.25) is 5.89 Å². The summed E-state index contributed by atoms with van der Waals surface area (Å²) in [6.07, 6.45) is 3.08. The number of aromatic nitrogens is 2. The van der Waals surface area contributed by atoms with Gasteiger partial charge in [-0.15, -0.1) is 0 Å². The Hall–Kier alpha value is -0.900. The molecule has 0 aliphatic carbocycles. The third-order valence-corrected chi connectivity index (χ3v) is 2.24. The van der Waals surface area contributed by atoms with E-state index in [1.807, 2.05) is 6.92 Å². The van der Waals surface area contributed by atoms with E-state index in [0.717, 1.165) is 31.1 Å². The largest absolute Gasteiger partial charge is 0.339 e. The molecule has 0 fully saturated rings. The molecule has 1 aromatic rings. The smallest absolute Gasteiger partial charge is 0.226 e. The normalized spacial score (nSPS) is 13.1. The molecule has 1 unspecified atom stereocenters. The van der Waals surface area contributed by atoms with Crippen molar-refractivity contribution in [1.82, 2.24) is 15.5 Å². The third-order valence-electron chi connectivity index (χ3n) is 2.24. The van der Waals surface area contributed by atoms with Crippen molar-refractivity contribution in [3.05, 3.63) is 11.7 Å². The fraction of sp³-hybridized carbons (Fsp3) is 0.800. The first-order valence-electron chi connectivity index (χ1n) is 5.25. The first-order chi connectivity index (χ1) is 6.72. The van der Waals surface area contributed by atoms with Crippen LogP contribution in [0.25, 0.3) is 0 Å². The zero-order valence-electron chi connectivity index (χ0n) is 9.21. The predicted octanol–water partition coefficient (Wildman–Crippen LogP) is 1.70. The number of rotatable bonds is 6. The van der Waals surface area contributed by atoms with Crippen LogP contribution < -0.4 is 5.32 Å². The third kappa shape index (κ3) is 3.87. The Kier molecular flexibility index (Phi) is 4.59. The van der Waals surface area contributed by atoms with Crippen LogP contribution in [0.4, 0.5) is 0 Å². The van der Waals surface area contributed by atoms with Gasteiger partial charge >= 0.3 is 0 Å². The van der Waals surface area contributed by atoms with Gasteiger partial charge < -0.3 is 9.84 Å². The minimum atomic E-state index is 0.597. The van der Waals surface area contributed by atoms with Gasteiger partial charge in [-0.2, -0.15) is 4.98 Å². The summed E-state index contributed by atoms with van der Waals surface area (Å²) in [6.45, 7) is 7.22. The van der Waals surface area contributed by atoms with E-state index in [4.69, 9.17) is 4.52 Å². The van der Waals surface area contributed by atoms with Crippen LogP contribution in [0.1, 0.15) is 38.4 Å². The minimum absolute atomic E-state index is 0.597. The summed E-state index contributed by atoms with van der Waals surface area (Å²) in [5.74, 6) is 1.46. The van der Waals surface area contributed by atoms with Crippen molar-refractivity contribution >= 4 is 0 Å². The van der Waals surface area contributed by atoms with Gasteiger partial charge in [0, 0.05) is 12.5 Å². The van der Waals surface area contributed by atoms with Gasteiger partial charge in [0.05, 0.1) is 0 Å². The van der Waals surface area contributed by atoms with E-state index in [2.05, 4.69) is 29.3 Å². The lowest BCUT2D eigenvalue weighted by Gasteiger charge is -2.09. The van der Waals surface area contributed by atoms with Crippen LogP contribution in [0.2, 0.25) is 0 Å². The summed E-state index contributed by atoms with van der Waals surface area (Å²) in [4.78, 5) is 4.14. The fourth-order valence-corrected chi connectivity index (χ4v) is 1.17. The first-order valence-corrected chi connectivity index (χ1v) is 5.25. The van der Waals surface area contributed by atoms with Crippen LogP contribution in [-0.2, 0) is 6.42 Å². The standard InChI is InChI=1S/C10H19N3O/c1-4-8(2)11-7-5-6-10-12-9(3)13-14-10/h8,11H,4-7H2,1-3H3. The van der Waals surface area contributed by atoms with E-state index in [0.29, 0.717) is 6.04 Å². The highest BCUT2D eigenvalue weighted by Crippen LogP contribution is 1.99. The summed E-state index contributed by atoms with van der Waals surface area (Å²) >= 11 is 0. The second kappa shape index (κ2) is 5.75. The Balaban J connectivity index is 2.10. The summed E-state index contributed by atoms with van der Waals surface area (Å²) in [5, 5.41) is 7.16. The summed E-state index contributed by atoms with van der Waals surface area (Å²) in [7, 11) is 0. The lowest BCUT2D eigenvalue weighted by Crippen LogP contribution is -2.26. The SMILES string of the molecule is CCC(C)NCCCc1nc(C)no1. The van der Waals surface area contributed by atoms with Crippen molar-refractivity contribution in [1.29, 1.82) is 0 Å². The Morgan fingerprint density at radius 3 is 2.86 bits per heavy atom. The monoisotopic (exact) mass is 197 g/mol. The predicted molar refractivity (Wildman–Crippen MR) is 55.1 cm³/mol. The number of aryl methyl sites for hydroxylation is 2. The van der Waals surface area contributed by atoms with E-state index in [-0.39, 0.29) is 0 Å². The van der Waals surface area contributed by atoms with Crippen LogP contribution in [0.3, 0.4) is 0 Å². The van der Waals surface area contributed by atoms with Crippen LogP contribution >= 0.6 is 0 Å². The number of nitrogens with zero attached hydrogens (tertiary/aromatic N) is 2. The number of hydrogen-bond acceptors (Lipinski definition) is 4. The van der Waals surface area contributed by atoms with Gasteiger partial charge in [0.1, 0.15) is 0 Å². The van der Waals surface area contributed by atoms with Crippen LogP contribution in [-0.4, -0.2) is 22.7 Å². The molecule has 4 nitrogen and oxygen atoms in total. The van der Waals surface area contributed by atoms with Crippen LogP contribution in [0.15, 0.2) is 4.52 Å². The second-order valence-electron chi connectivity index (χ2n) is 3.60. The van der Waals surface area contributed by atoms with Gasteiger partial charge in [-0.25, -0.2) is 0 Å². The maximum absolute atomic E-state index is 5.01. The summed E-state index contributed by atoms with van der Waals surface area (Å²) in [6, 6.07) is 0.597. The molecular formula is C10H19N3O. The van der Waals surface area contributed by atoms with Gasteiger partial charge in [-0.3, -0.25) is 0 Å². The van der Waals surface area contributed by atoms with Crippen LogP contribution in [0.5, 0.6) is 0 Å². The zero-order chi connectivity index (χ0) is 10.4. The molecule has 1 N–H and O–H groups in total. The Morgan fingerprint density at radius 2 is 2.29 bits per heavy atom.